The minimum atomic E-state index is 0.912. The molecule has 0 amide bonds. The summed E-state index contributed by atoms with van der Waals surface area (Å²) in [4.78, 5) is 0. The molecule has 0 aromatic carbocycles. The minimum absolute atomic E-state index is 0.912. The van der Waals surface area contributed by atoms with Crippen molar-refractivity contribution < 1.29 is 4.42 Å². The molecule has 50 valence electrons. The van der Waals surface area contributed by atoms with E-state index in [4.69, 9.17) is 4.42 Å². The molecule has 0 N–H and O–H groups in total. The van der Waals surface area contributed by atoms with Crippen molar-refractivity contribution in [3.63, 3.8) is 0 Å². The van der Waals surface area contributed by atoms with Gasteiger partial charge in [0.05, 0.1) is 6.26 Å². The van der Waals surface area contributed by atoms with Crippen LogP contribution in [0.3, 0.4) is 0 Å². The highest BCUT2D eigenvalue weighted by molar-refractivity contribution is 5.54. The third kappa shape index (κ3) is 0.798. The van der Waals surface area contributed by atoms with Crippen molar-refractivity contribution in [3.05, 3.63) is 41.9 Å². The Morgan fingerprint density at radius 1 is 1.30 bits per heavy atom. The summed E-state index contributed by atoms with van der Waals surface area (Å²) in [6.07, 6.45) is 10.9. The van der Waals surface area contributed by atoms with Gasteiger partial charge in [-0.3, -0.25) is 0 Å². The van der Waals surface area contributed by atoms with Crippen molar-refractivity contribution in [1.29, 1.82) is 0 Å². The highest BCUT2D eigenvalue weighted by Gasteiger charge is 2.01. The van der Waals surface area contributed by atoms with E-state index in [0.717, 1.165) is 12.2 Å². The Morgan fingerprint density at radius 3 is 3.30 bits per heavy atom. The van der Waals surface area contributed by atoms with Crippen LogP contribution in [-0.4, -0.2) is 0 Å². The van der Waals surface area contributed by atoms with Crippen molar-refractivity contribution in [3.8, 4) is 0 Å². The molecule has 0 atom stereocenters. The Hall–Kier alpha value is -1.24. The molecule has 1 heterocycles. The molecule has 0 radical (unpaired) electrons. The van der Waals surface area contributed by atoms with Crippen molar-refractivity contribution in [2.24, 2.45) is 0 Å². The molecule has 0 saturated carbocycles. The average Bonchev–Trinajstić information content (AvgIpc) is 2.28. The molecule has 0 unspecified atom stereocenters. The van der Waals surface area contributed by atoms with Crippen molar-refractivity contribution in [2.75, 3.05) is 0 Å². The molecule has 10 heavy (non-hydrogen) atoms. The van der Waals surface area contributed by atoms with Crippen LogP contribution in [0.1, 0.15) is 11.3 Å². The zero-order valence-electron chi connectivity index (χ0n) is 5.58. The van der Waals surface area contributed by atoms with E-state index < -0.39 is 0 Å². The summed E-state index contributed by atoms with van der Waals surface area (Å²) in [6.45, 7) is 0. The first kappa shape index (κ1) is 5.54. The summed E-state index contributed by atoms with van der Waals surface area (Å²) < 4.78 is 5.23. The molecule has 1 aliphatic carbocycles. The molecular formula is C9H8O. The molecule has 0 fully saturated rings. The summed E-state index contributed by atoms with van der Waals surface area (Å²) in [6, 6.07) is 1.98. The quantitative estimate of drug-likeness (QED) is 0.528. The van der Waals surface area contributed by atoms with E-state index in [-0.39, 0.29) is 0 Å². The van der Waals surface area contributed by atoms with Crippen LogP contribution >= 0.6 is 0 Å². The average molecular weight is 132 g/mol. The van der Waals surface area contributed by atoms with Gasteiger partial charge in [-0.25, -0.2) is 0 Å². The number of hydrogen-bond donors (Lipinski definition) is 0. The Bertz CT molecular complexity index is 279. The summed E-state index contributed by atoms with van der Waals surface area (Å²) >= 11 is 0. The molecule has 1 aromatic heterocycles. The highest BCUT2D eigenvalue weighted by atomic mass is 16.3. The second-order valence-corrected chi connectivity index (χ2v) is 2.29. The van der Waals surface area contributed by atoms with E-state index in [1.54, 1.807) is 6.26 Å². The number of furan rings is 1. The summed E-state index contributed by atoms with van der Waals surface area (Å²) in [7, 11) is 0. The standard InChI is InChI=1S/C9H8O/c1-2-4-8-6-7-10-9(8)5-3-1/h1-4,6-7H,5H2. The topological polar surface area (TPSA) is 13.1 Å². The van der Waals surface area contributed by atoms with E-state index in [1.165, 1.54) is 5.56 Å². The zero-order valence-corrected chi connectivity index (χ0v) is 5.58. The van der Waals surface area contributed by atoms with Crippen LogP contribution in [0.2, 0.25) is 0 Å². The Morgan fingerprint density at radius 2 is 2.30 bits per heavy atom. The summed E-state index contributed by atoms with van der Waals surface area (Å²) in [5, 5.41) is 0. The van der Waals surface area contributed by atoms with Gasteiger partial charge >= 0.3 is 0 Å². The molecule has 0 saturated heterocycles. The predicted molar refractivity (Wildman–Crippen MR) is 40.6 cm³/mol. The molecular weight excluding hydrogens is 124 g/mol. The molecule has 1 nitrogen and oxygen atoms in total. The van der Waals surface area contributed by atoms with Crippen molar-refractivity contribution in [1.82, 2.24) is 0 Å². The van der Waals surface area contributed by atoms with Gasteiger partial charge in [0, 0.05) is 12.0 Å². The second kappa shape index (κ2) is 2.18. The van der Waals surface area contributed by atoms with Crippen molar-refractivity contribution >= 4 is 6.08 Å². The molecule has 0 aliphatic heterocycles. The van der Waals surface area contributed by atoms with Crippen LogP contribution in [0.15, 0.2) is 35.0 Å². The normalized spacial score (nSPS) is 14.8. The Kier molecular flexibility index (Phi) is 1.21. The maximum atomic E-state index is 5.23. The first-order valence-electron chi connectivity index (χ1n) is 3.36. The van der Waals surface area contributed by atoms with Gasteiger partial charge in [0.15, 0.2) is 0 Å². The van der Waals surface area contributed by atoms with E-state index >= 15 is 0 Å². The maximum Gasteiger partial charge on any atom is 0.114 e. The third-order valence-corrected chi connectivity index (χ3v) is 1.61. The lowest BCUT2D eigenvalue weighted by Crippen LogP contribution is -1.76. The van der Waals surface area contributed by atoms with Crippen LogP contribution in [0.5, 0.6) is 0 Å². The monoisotopic (exact) mass is 132 g/mol. The first-order chi connectivity index (χ1) is 4.97. The molecule has 1 aromatic rings. The van der Waals surface area contributed by atoms with Crippen LogP contribution in [0.25, 0.3) is 6.08 Å². The highest BCUT2D eigenvalue weighted by Crippen LogP contribution is 2.15. The lowest BCUT2D eigenvalue weighted by molar-refractivity contribution is 0.522. The van der Waals surface area contributed by atoms with Crippen LogP contribution in [0, 0.1) is 0 Å². The maximum absolute atomic E-state index is 5.23. The summed E-state index contributed by atoms with van der Waals surface area (Å²) in [5.41, 5.74) is 1.20. The van der Waals surface area contributed by atoms with Gasteiger partial charge in [0.25, 0.3) is 0 Å². The largest absolute Gasteiger partial charge is 0.468 e. The molecule has 2 rings (SSSR count). The minimum Gasteiger partial charge on any atom is -0.468 e. The van der Waals surface area contributed by atoms with Gasteiger partial charge in [-0.15, -0.1) is 0 Å². The van der Waals surface area contributed by atoms with E-state index in [1.807, 2.05) is 18.2 Å². The van der Waals surface area contributed by atoms with Crippen LogP contribution < -0.4 is 0 Å². The fourth-order valence-corrected chi connectivity index (χ4v) is 1.08. The Labute approximate surface area is 59.7 Å². The smallest absolute Gasteiger partial charge is 0.114 e. The summed E-state index contributed by atoms with van der Waals surface area (Å²) in [5.74, 6) is 1.06. The number of hydrogen-bond acceptors (Lipinski definition) is 1. The molecule has 0 spiro atoms. The SMILES string of the molecule is C1=CCc2occc2C=C1. The molecule has 1 heteroatoms. The first-order valence-corrected chi connectivity index (χ1v) is 3.36. The fraction of sp³-hybridized carbons (Fsp3) is 0.111. The lowest BCUT2D eigenvalue weighted by Gasteiger charge is -1.88. The molecule has 1 aliphatic rings. The Balaban J connectivity index is 2.50. The molecule has 0 bridgehead atoms. The van der Waals surface area contributed by atoms with Gasteiger partial charge in [-0.1, -0.05) is 24.3 Å². The second-order valence-electron chi connectivity index (χ2n) is 2.29. The lowest BCUT2D eigenvalue weighted by atomic mass is 10.2. The predicted octanol–water partition coefficient (Wildman–Crippen LogP) is 2.41. The van der Waals surface area contributed by atoms with Gasteiger partial charge in [0.2, 0.25) is 0 Å². The van der Waals surface area contributed by atoms with Crippen LogP contribution in [-0.2, 0) is 6.42 Å². The van der Waals surface area contributed by atoms with Crippen molar-refractivity contribution in [2.45, 2.75) is 6.42 Å². The van der Waals surface area contributed by atoms with Crippen LogP contribution in [0.4, 0.5) is 0 Å². The van der Waals surface area contributed by atoms with Gasteiger partial charge in [0.1, 0.15) is 5.76 Å². The van der Waals surface area contributed by atoms with E-state index in [2.05, 4.69) is 12.2 Å². The number of rotatable bonds is 0. The fourth-order valence-electron chi connectivity index (χ4n) is 1.08. The van der Waals surface area contributed by atoms with E-state index in [9.17, 15) is 0 Å². The number of fused-ring (bicyclic) bond motifs is 1. The zero-order chi connectivity index (χ0) is 6.81. The van der Waals surface area contributed by atoms with Gasteiger partial charge < -0.3 is 4.42 Å². The van der Waals surface area contributed by atoms with Gasteiger partial charge in [-0.2, -0.15) is 0 Å². The third-order valence-electron chi connectivity index (χ3n) is 1.61. The van der Waals surface area contributed by atoms with E-state index in [0.29, 0.717) is 0 Å². The van der Waals surface area contributed by atoms with Gasteiger partial charge in [-0.05, 0) is 6.07 Å². The number of allylic oxidation sites excluding steroid dienone is 3.